The van der Waals surface area contributed by atoms with Crippen molar-refractivity contribution in [2.24, 2.45) is 7.05 Å². The van der Waals surface area contributed by atoms with Crippen LogP contribution in [0.3, 0.4) is 0 Å². The zero-order valence-corrected chi connectivity index (χ0v) is 12.1. The van der Waals surface area contributed by atoms with Gasteiger partial charge in [-0.2, -0.15) is 4.57 Å². The van der Waals surface area contributed by atoms with Crippen LogP contribution in [0.2, 0.25) is 0 Å². The first-order valence-corrected chi connectivity index (χ1v) is 6.41. The molecule has 106 valence electrons. The molecule has 0 saturated heterocycles. The van der Waals surface area contributed by atoms with E-state index < -0.39 is 17.2 Å². The van der Waals surface area contributed by atoms with E-state index in [0.29, 0.717) is 15.7 Å². The van der Waals surface area contributed by atoms with E-state index >= 15 is 0 Å². The Morgan fingerprint density at radius 1 is 1.05 bits per heavy atom. The molecule has 0 spiro atoms. The van der Waals surface area contributed by atoms with Crippen molar-refractivity contribution in [1.82, 2.24) is 9.13 Å². The van der Waals surface area contributed by atoms with Crippen LogP contribution >= 0.6 is 0 Å². The molecule has 0 amide bonds. The minimum absolute atomic E-state index is 0.308. The molecule has 2 rings (SSSR count). The third-order valence-electron chi connectivity index (χ3n) is 2.64. The molecule has 5 heteroatoms. The van der Waals surface area contributed by atoms with E-state index in [2.05, 4.69) is 0 Å². The van der Waals surface area contributed by atoms with Gasteiger partial charge in [-0.1, -0.05) is 32.0 Å². The first-order chi connectivity index (χ1) is 9.52. The first-order valence-electron chi connectivity index (χ1n) is 6.41. The summed E-state index contributed by atoms with van der Waals surface area (Å²) in [7, 11) is 1.50. The molecule has 0 bridgehead atoms. The molecule has 0 aliphatic carbocycles. The lowest BCUT2D eigenvalue weighted by Gasteiger charge is -2.07. The zero-order valence-electron chi connectivity index (χ0n) is 12.1. The highest BCUT2D eigenvalue weighted by atomic mass is 16.2. The molecule has 0 radical (unpaired) electrons. The molecule has 0 fully saturated rings. The van der Waals surface area contributed by atoms with Crippen LogP contribution in [-0.4, -0.2) is 15.0 Å². The lowest BCUT2D eigenvalue weighted by atomic mass is 10.2. The summed E-state index contributed by atoms with van der Waals surface area (Å²) < 4.78 is 1.88. The van der Waals surface area contributed by atoms with Crippen molar-refractivity contribution in [3.8, 4) is 0 Å². The van der Waals surface area contributed by atoms with Gasteiger partial charge >= 0.3 is 5.69 Å². The molecule has 0 atom stereocenters. The van der Waals surface area contributed by atoms with Crippen LogP contribution in [0.1, 0.15) is 29.8 Å². The van der Waals surface area contributed by atoms with Gasteiger partial charge in [-0.05, 0) is 19.1 Å². The van der Waals surface area contributed by atoms with E-state index in [-0.39, 0.29) is 0 Å². The second-order valence-electron chi connectivity index (χ2n) is 4.02. The van der Waals surface area contributed by atoms with Crippen LogP contribution in [-0.2, 0) is 7.05 Å². The van der Waals surface area contributed by atoms with E-state index in [0.717, 1.165) is 0 Å². The number of nitrogens with zero attached hydrogens (tertiary/aromatic N) is 2. The van der Waals surface area contributed by atoms with Gasteiger partial charge in [-0.3, -0.25) is 9.59 Å². The first kappa shape index (κ1) is 15.6. The Bertz CT molecular complexity index is 678. The fraction of sp³-hybridized carbons (Fsp3) is 0.267. The topological polar surface area (TPSA) is 61.1 Å². The number of hydrogen-bond donors (Lipinski definition) is 0. The Labute approximate surface area is 117 Å². The van der Waals surface area contributed by atoms with E-state index in [1.807, 2.05) is 13.8 Å². The number of rotatable bonds is 1. The summed E-state index contributed by atoms with van der Waals surface area (Å²) in [6.07, 6.45) is 1.42. The Morgan fingerprint density at radius 3 is 2.15 bits per heavy atom. The molecule has 20 heavy (non-hydrogen) atoms. The summed E-state index contributed by atoms with van der Waals surface area (Å²) in [5.74, 6) is -0.607. The number of hydrogen-bond acceptors (Lipinski definition) is 3. The predicted octanol–water partition coefficient (Wildman–Crippen LogP) is 1.57. The standard InChI is InChI=1S/C13H12N2O3.C2H6/c1-9-8-14(2)13(18)15(11(9)16)12(17)10-6-4-3-5-7-10;1-2/h3-8H,1-2H3;1-2H3. The number of benzene rings is 1. The van der Waals surface area contributed by atoms with Crippen LogP contribution in [0.15, 0.2) is 46.1 Å². The van der Waals surface area contributed by atoms with Gasteiger partial charge in [0.1, 0.15) is 0 Å². The average molecular weight is 274 g/mol. The van der Waals surface area contributed by atoms with Crippen LogP contribution in [0.4, 0.5) is 0 Å². The smallest absolute Gasteiger partial charge is 0.303 e. The predicted molar refractivity (Wildman–Crippen MR) is 78.2 cm³/mol. The maximum absolute atomic E-state index is 12.1. The highest BCUT2D eigenvalue weighted by Gasteiger charge is 2.15. The Kier molecular flexibility index (Phi) is 5.20. The lowest BCUT2D eigenvalue weighted by Crippen LogP contribution is -2.43. The van der Waals surface area contributed by atoms with Crippen molar-refractivity contribution in [3.05, 3.63) is 68.5 Å². The fourth-order valence-corrected chi connectivity index (χ4v) is 1.71. The summed E-state index contributed by atoms with van der Waals surface area (Å²) in [6, 6.07) is 8.25. The van der Waals surface area contributed by atoms with E-state index in [9.17, 15) is 14.4 Å². The molecule has 0 aliphatic rings. The summed E-state index contributed by atoms with van der Waals surface area (Å²) in [5, 5.41) is 0. The van der Waals surface area contributed by atoms with Gasteiger partial charge in [-0.15, -0.1) is 0 Å². The monoisotopic (exact) mass is 274 g/mol. The van der Waals surface area contributed by atoms with Gasteiger partial charge in [0.15, 0.2) is 0 Å². The zero-order chi connectivity index (χ0) is 15.3. The van der Waals surface area contributed by atoms with Gasteiger partial charge in [0, 0.05) is 24.4 Å². The largest absolute Gasteiger partial charge is 0.337 e. The third kappa shape index (κ3) is 2.93. The molecule has 0 unspecified atom stereocenters. The second kappa shape index (κ2) is 6.65. The minimum atomic E-state index is -0.639. The molecule has 1 aromatic heterocycles. The van der Waals surface area contributed by atoms with Crippen molar-refractivity contribution in [1.29, 1.82) is 0 Å². The van der Waals surface area contributed by atoms with Crippen LogP contribution in [0.5, 0.6) is 0 Å². The maximum Gasteiger partial charge on any atom is 0.337 e. The molecular weight excluding hydrogens is 256 g/mol. The van der Waals surface area contributed by atoms with Crippen molar-refractivity contribution < 1.29 is 4.79 Å². The second-order valence-corrected chi connectivity index (χ2v) is 4.02. The van der Waals surface area contributed by atoms with Crippen LogP contribution in [0, 0.1) is 6.92 Å². The Balaban J connectivity index is 0.000000956. The third-order valence-corrected chi connectivity index (χ3v) is 2.64. The van der Waals surface area contributed by atoms with E-state index in [1.54, 1.807) is 37.3 Å². The fourth-order valence-electron chi connectivity index (χ4n) is 1.71. The van der Waals surface area contributed by atoms with Crippen molar-refractivity contribution in [2.75, 3.05) is 0 Å². The molecule has 2 aromatic rings. The maximum atomic E-state index is 12.1. The van der Waals surface area contributed by atoms with Crippen LogP contribution in [0.25, 0.3) is 0 Å². The minimum Gasteiger partial charge on any atom is -0.303 e. The van der Waals surface area contributed by atoms with Crippen molar-refractivity contribution in [2.45, 2.75) is 20.8 Å². The van der Waals surface area contributed by atoms with Crippen molar-refractivity contribution >= 4 is 5.91 Å². The van der Waals surface area contributed by atoms with E-state index in [4.69, 9.17) is 0 Å². The van der Waals surface area contributed by atoms with E-state index in [1.165, 1.54) is 17.8 Å². The molecule has 1 aromatic carbocycles. The molecule has 0 saturated carbocycles. The van der Waals surface area contributed by atoms with Gasteiger partial charge < -0.3 is 4.57 Å². The number of aryl methyl sites for hydroxylation is 2. The molecule has 5 nitrogen and oxygen atoms in total. The number of carbonyl (C=O) groups is 1. The van der Waals surface area contributed by atoms with Gasteiger partial charge in [0.2, 0.25) is 0 Å². The molecule has 0 aliphatic heterocycles. The molecular formula is C15H18N2O3. The Hall–Kier alpha value is -2.43. The normalized spacial score (nSPS) is 9.60. The summed E-state index contributed by atoms with van der Waals surface area (Å²) in [4.78, 5) is 35.9. The summed E-state index contributed by atoms with van der Waals surface area (Å²) >= 11 is 0. The van der Waals surface area contributed by atoms with Crippen molar-refractivity contribution in [3.63, 3.8) is 0 Å². The van der Waals surface area contributed by atoms with Gasteiger partial charge in [-0.25, -0.2) is 4.79 Å². The highest BCUT2D eigenvalue weighted by molar-refractivity contribution is 5.95. The number of aromatic nitrogens is 2. The highest BCUT2D eigenvalue weighted by Crippen LogP contribution is 1.99. The van der Waals surface area contributed by atoms with Crippen LogP contribution < -0.4 is 11.2 Å². The average Bonchev–Trinajstić information content (AvgIpc) is 2.48. The quantitative estimate of drug-likeness (QED) is 0.793. The molecule has 1 heterocycles. The lowest BCUT2D eigenvalue weighted by molar-refractivity contribution is 0.0948. The Morgan fingerprint density at radius 2 is 1.60 bits per heavy atom. The van der Waals surface area contributed by atoms with Gasteiger partial charge in [0.25, 0.3) is 11.5 Å². The number of carbonyl (C=O) groups excluding carboxylic acids is 1. The molecule has 0 N–H and O–H groups in total. The summed E-state index contributed by atoms with van der Waals surface area (Å²) in [6.45, 7) is 5.57. The van der Waals surface area contributed by atoms with Gasteiger partial charge in [0.05, 0.1) is 0 Å². The SMILES string of the molecule is CC.Cc1cn(C)c(=O)n(C(=O)c2ccccc2)c1=O. The summed E-state index contributed by atoms with van der Waals surface area (Å²) in [5.41, 5.74) is -0.560.